The first-order valence-corrected chi connectivity index (χ1v) is 8.32. The van der Waals surface area contributed by atoms with Crippen LogP contribution < -0.4 is 5.32 Å². The summed E-state index contributed by atoms with van der Waals surface area (Å²) in [4.78, 5) is 24.3. The molecule has 1 amide bonds. The van der Waals surface area contributed by atoms with Crippen LogP contribution in [0, 0.1) is 0 Å². The summed E-state index contributed by atoms with van der Waals surface area (Å²) in [5, 5.41) is 7.09. The maximum absolute atomic E-state index is 12.6. The number of ether oxygens (including phenoxy) is 2. The molecule has 0 spiro atoms. The van der Waals surface area contributed by atoms with Crippen molar-refractivity contribution < 1.29 is 19.1 Å². The fourth-order valence-corrected chi connectivity index (χ4v) is 2.82. The van der Waals surface area contributed by atoms with Crippen molar-refractivity contribution in [2.45, 2.75) is 25.4 Å². The molecule has 0 aliphatic carbocycles. The van der Waals surface area contributed by atoms with Crippen molar-refractivity contribution in [2.75, 3.05) is 20.3 Å². The fraction of sp³-hybridized carbons (Fsp3) is 0.389. The summed E-state index contributed by atoms with van der Waals surface area (Å²) in [5.41, 5.74) is 1.08. The zero-order valence-corrected chi connectivity index (χ0v) is 14.1. The maximum Gasteiger partial charge on any atom is 0.358 e. The van der Waals surface area contributed by atoms with Crippen LogP contribution in [-0.2, 0) is 9.47 Å². The Morgan fingerprint density at radius 1 is 1.36 bits per heavy atom. The number of carbonyl (C=O) groups is 2. The molecular formula is C18H21N3O4. The number of carbonyl (C=O) groups excluding carboxylic acids is 2. The zero-order valence-electron chi connectivity index (χ0n) is 14.1. The Morgan fingerprint density at radius 3 is 2.84 bits per heavy atom. The van der Waals surface area contributed by atoms with E-state index in [1.54, 1.807) is 0 Å². The Morgan fingerprint density at radius 2 is 2.16 bits per heavy atom. The average Bonchev–Trinajstić information content (AvgIpc) is 3.31. The molecule has 0 bridgehead atoms. The molecular weight excluding hydrogens is 322 g/mol. The molecule has 1 aromatic carbocycles. The molecule has 7 nitrogen and oxygen atoms in total. The average molecular weight is 343 g/mol. The second-order valence-electron chi connectivity index (χ2n) is 5.83. The third kappa shape index (κ3) is 4.06. The van der Waals surface area contributed by atoms with Crippen LogP contribution in [0.2, 0.25) is 0 Å². The normalized spacial score (nSPS) is 16.6. The van der Waals surface area contributed by atoms with Gasteiger partial charge in [-0.2, -0.15) is 5.10 Å². The minimum atomic E-state index is -0.580. The zero-order chi connectivity index (χ0) is 17.6. The maximum atomic E-state index is 12.6. The number of para-hydroxylation sites is 1. The minimum absolute atomic E-state index is 0.0932. The first-order chi connectivity index (χ1) is 12.2. The summed E-state index contributed by atoms with van der Waals surface area (Å²) in [5.74, 6) is -0.868. The number of amides is 1. The Bertz CT molecular complexity index is 736. The Kier molecular flexibility index (Phi) is 5.45. The molecule has 0 unspecified atom stereocenters. The Hall–Kier alpha value is -2.67. The number of hydrogen-bond donors (Lipinski definition) is 1. The van der Waals surface area contributed by atoms with Crippen molar-refractivity contribution in [3.8, 4) is 5.69 Å². The molecule has 1 fully saturated rings. The van der Waals surface area contributed by atoms with E-state index in [-0.39, 0.29) is 17.7 Å². The van der Waals surface area contributed by atoms with Crippen molar-refractivity contribution >= 4 is 11.9 Å². The molecule has 1 atom stereocenters. The van der Waals surface area contributed by atoms with E-state index in [2.05, 4.69) is 10.4 Å². The highest BCUT2D eigenvalue weighted by atomic mass is 16.5. The van der Waals surface area contributed by atoms with Gasteiger partial charge in [-0.25, -0.2) is 9.48 Å². The summed E-state index contributed by atoms with van der Waals surface area (Å²) >= 11 is 0. The predicted octanol–water partition coefficient (Wildman–Crippen LogP) is 1.96. The molecule has 3 rings (SSSR count). The van der Waals surface area contributed by atoms with Gasteiger partial charge in [-0.15, -0.1) is 0 Å². The fourth-order valence-electron chi connectivity index (χ4n) is 2.82. The van der Waals surface area contributed by atoms with E-state index in [1.807, 2.05) is 30.3 Å². The highest BCUT2D eigenvalue weighted by molar-refractivity contribution is 5.96. The van der Waals surface area contributed by atoms with E-state index in [4.69, 9.17) is 9.47 Å². The topological polar surface area (TPSA) is 82.5 Å². The predicted molar refractivity (Wildman–Crippen MR) is 90.8 cm³/mol. The summed E-state index contributed by atoms with van der Waals surface area (Å²) < 4.78 is 11.7. The highest BCUT2D eigenvalue weighted by Crippen LogP contribution is 2.16. The van der Waals surface area contributed by atoms with Crippen LogP contribution in [0.15, 0.2) is 36.4 Å². The van der Waals surface area contributed by atoms with Crippen LogP contribution in [0.1, 0.15) is 40.2 Å². The monoisotopic (exact) mass is 343 g/mol. The van der Waals surface area contributed by atoms with Gasteiger partial charge in [0.1, 0.15) is 5.69 Å². The van der Waals surface area contributed by atoms with Gasteiger partial charge in [-0.05, 0) is 31.4 Å². The molecule has 1 aromatic heterocycles. The van der Waals surface area contributed by atoms with Gasteiger partial charge in [-0.3, -0.25) is 4.79 Å². The molecule has 7 heteroatoms. The third-order valence-electron chi connectivity index (χ3n) is 4.11. The van der Waals surface area contributed by atoms with Crippen molar-refractivity contribution in [1.29, 1.82) is 0 Å². The van der Waals surface area contributed by atoms with Crippen molar-refractivity contribution in [2.24, 2.45) is 0 Å². The molecule has 1 aliphatic heterocycles. The van der Waals surface area contributed by atoms with Gasteiger partial charge in [0.05, 0.1) is 18.9 Å². The van der Waals surface area contributed by atoms with Crippen LogP contribution in [0.25, 0.3) is 5.69 Å². The minimum Gasteiger partial charge on any atom is -0.464 e. The number of aromatic nitrogens is 2. The number of rotatable bonds is 6. The van der Waals surface area contributed by atoms with Gasteiger partial charge in [0, 0.05) is 19.2 Å². The molecule has 0 radical (unpaired) electrons. The van der Waals surface area contributed by atoms with E-state index in [9.17, 15) is 9.59 Å². The molecule has 1 N–H and O–H groups in total. The first-order valence-electron chi connectivity index (χ1n) is 8.32. The van der Waals surface area contributed by atoms with Crippen LogP contribution in [-0.4, -0.2) is 48.0 Å². The van der Waals surface area contributed by atoms with Gasteiger partial charge in [0.15, 0.2) is 5.69 Å². The molecule has 25 heavy (non-hydrogen) atoms. The van der Waals surface area contributed by atoms with Gasteiger partial charge in [-0.1, -0.05) is 18.2 Å². The lowest BCUT2D eigenvalue weighted by atomic mass is 10.2. The van der Waals surface area contributed by atoms with Crippen LogP contribution >= 0.6 is 0 Å². The number of methoxy groups -OCH3 is 1. The smallest absolute Gasteiger partial charge is 0.358 e. The van der Waals surface area contributed by atoms with Gasteiger partial charge >= 0.3 is 5.97 Å². The second-order valence-corrected chi connectivity index (χ2v) is 5.83. The summed E-state index contributed by atoms with van der Waals surface area (Å²) in [6, 6.07) is 10.6. The third-order valence-corrected chi connectivity index (χ3v) is 4.11. The van der Waals surface area contributed by atoms with E-state index in [1.165, 1.54) is 17.9 Å². The number of nitrogens with one attached hydrogen (secondary N) is 1. The van der Waals surface area contributed by atoms with Crippen LogP contribution in [0.5, 0.6) is 0 Å². The molecule has 2 aromatic rings. The number of benzene rings is 1. The largest absolute Gasteiger partial charge is 0.464 e. The summed E-state index contributed by atoms with van der Waals surface area (Å²) in [7, 11) is 1.28. The molecule has 0 saturated carbocycles. The summed E-state index contributed by atoms with van der Waals surface area (Å²) in [6.07, 6.45) is 3.09. The standard InChI is InChI=1S/C18H21N3O4/c1-24-18(23)15-12-16(21(20-15)13-6-3-2-4-7-13)17(22)19-10-9-14-8-5-11-25-14/h2-4,6-7,12,14H,5,8-11H2,1H3,(H,19,22)/t14-/m1/s1. The molecule has 1 aliphatic rings. The lowest BCUT2D eigenvalue weighted by Crippen LogP contribution is -2.28. The van der Waals surface area contributed by atoms with Gasteiger partial charge in [0.2, 0.25) is 0 Å². The SMILES string of the molecule is COC(=O)c1cc(C(=O)NCC[C@H]2CCCO2)n(-c2ccccc2)n1. The number of nitrogens with zero attached hydrogens (tertiary/aromatic N) is 2. The quantitative estimate of drug-likeness (QED) is 0.811. The van der Waals surface area contributed by atoms with E-state index in [0.717, 1.165) is 25.9 Å². The molecule has 1 saturated heterocycles. The van der Waals surface area contributed by atoms with Gasteiger partial charge < -0.3 is 14.8 Å². The summed E-state index contributed by atoms with van der Waals surface area (Å²) in [6.45, 7) is 1.30. The van der Waals surface area contributed by atoms with Gasteiger partial charge in [0.25, 0.3) is 5.91 Å². The van der Waals surface area contributed by atoms with E-state index >= 15 is 0 Å². The number of esters is 1. The number of hydrogen-bond acceptors (Lipinski definition) is 5. The van der Waals surface area contributed by atoms with Crippen molar-refractivity contribution in [3.05, 3.63) is 47.8 Å². The Balaban J connectivity index is 1.76. The van der Waals surface area contributed by atoms with Crippen molar-refractivity contribution in [1.82, 2.24) is 15.1 Å². The van der Waals surface area contributed by atoms with E-state index in [0.29, 0.717) is 17.9 Å². The molecule has 2 heterocycles. The second kappa shape index (κ2) is 7.94. The van der Waals surface area contributed by atoms with Crippen LogP contribution in [0.4, 0.5) is 0 Å². The lowest BCUT2D eigenvalue weighted by Gasteiger charge is -2.11. The van der Waals surface area contributed by atoms with Crippen LogP contribution in [0.3, 0.4) is 0 Å². The molecule has 132 valence electrons. The highest BCUT2D eigenvalue weighted by Gasteiger charge is 2.21. The van der Waals surface area contributed by atoms with E-state index < -0.39 is 5.97 Å². The van der Waals surface area contributed by atoms with Crippen molar-refractivity contribution in [3.63, 3.8) is 0 Å². The lowest BCUT2D eigenvalue weighted by molar-refractivity contribution is 0.0593. The first kappa shape index (κ1) is 17.2. The Labute approximate surface area is 145 Å².